The van der Waals surface area contributed by atoms with Crippen LogP contribution < -0.4 is 14.2 Å². The van der Waals surface area contributed by atoms with Crippen molar-refractivity contribution in [3.8, 4) is 23.4 Å². The number of aromatic nitrogens is 1. The van der Waals surface area contributed by atoms with Gasteiger partial charge in [0.25, 0.3) is 5.91 Å². The van der Waals surface area contributed by atoms with E-state index in [2.05, 4.69) is 4.98 Å². The van der Waals surface area contributed by atoms with Crippen molar-refractivity contribution in [2.45, 2.75) is 6.10 Å². The Balaban J connectivity index is 1.60. The molecule has 3 rings (SSSR count). The molecular weight excluding hydrogens is 322 g/mol. The van der Waals surface area contributed by atoms with Gasteiger partial charge in [-0.15, -0.1) is 0 Å². The average molecular weight is 339 g/mol. The summed E-state index contributed by atoms with van der Waals surface area (Å²) in [5.41, 5.74) is 0.982. The first-order valence-corrected chi connectivity index (χ1v) is 7.68. The highest BCUT2D eigenvalue weighted by atomic mass is 16.5. The van der Waals surface area contributed by atoms with Gasteiger partial charge >= 0.3 is 0 Å². The summed E-state index contributed by atoms with van der Waals surface area (Å²) >= 11 is 0. The number of amides is 1. The summed E-state index contributed by atoms with van der Waals surface area (Å²) in [4.78, 5) is 18.3. The molecule has 1 aromatic heterocycles. The molecule has 1 aromatic carbocycles. The number of pyridine rings is 1. The number of benzene rings is 1. The first-order valence-electron chi connectivity index (χ1n) is 7.68. The molecule has 0 radical (unpaired) electrons. The van der Waals surface area contributed by atoms with Crippen molar-refractivity contribution in [1.82, 2.24) is 9.88 Å². The maximum atomic E-state index is 12.6. The molecule has 0 atom stereocenters. The normalized spacial score (nSPS) is 13.6. The minimum atomic E-state index is -0.114. The number of likely N-dealkylation sites (tertiary alicyclic amines) is 1. The molecule has 128 valence electrons. The van der Waals surface area contributed by atoms with E-state index in [1.807, 2.05) is 6.07 Å². The lowest BCUT2D eigenvalue weighted by molar-refractivity contribution is 0.0159. The van der Waals surface area contributed by atoms with E-state index in [1.54, 1.807) is 49.5 Å². The molecular formula is C18H17N3O4. The van der Waals surface area contributed by atoms with E-state index in [0.717, 1.165) is 0 Å². The molecule has 0 aliphatic carbocycles. The second-order valence-corrected chi connectivity index (χ2v) is 5.55. The van der Waals surface area contributed by atoms with Gasteiger partial charge in [-0.05, 0) is 18.2 Å². The Morgan fingerprint density at radius 1 is 1.20 bits per heavy atom. The third-order valence-electron chi connectivity index (χ3n) is 3.89. The largest absolute Gasteiger partial charge is 0.497 e. The molecule has 0 spiro atoms. The summed E-state index contributed by atoms with van der Waals surface area (Å²) < 4.78 is 16.1. The number of hydrogen-bond acceptors (Lipinski definition) is 6. The predicted molar refractivity (Wildman–Crippen MR) is 88.8 cm³/mol. The summed E-state index contributed by atoms with van der Waals surface area (Å²) in [7, 11) is 3.09. The molecule has 25 heavy (non-hydrogen) atoms. The molecule has 7 nitrogen and oxygen atoms in total. The molecule has 0 bridgehead atoms. The van der Waals surface area contributed by atoms with E-state index in [0.29, 0.717) is 41.6 Å². The Bertz CT molecular complexity index is 786. The molecule has 1 fully saturated rings. The van der Waals surface area contributed by atoms with E-state index in [-0.39, 0.29) is 12.0 Å². The Morgan fingerprint density at radius 3 is 2.40 bits per heavy atom. The predicted octanol–water partition coefficient (Wildman–Crippen LogP) is 1.87. The molecule has 1 saturated heterocycles. The highest BCUT2D eigenvalue weighted by molar-refractivity contribution is 5.95. The third kappa shape index (κ3) is 3.63. The first kappa shape index (κ1) is 16.6. The topological polar surface area (TPSA) is 84.7 Å². The van der Waals surface area contributed by atoms with Gasteiger partial charge in [-0.3, -0.25) is 4.79 Å². The monoisotopic (exact) mass is 339 g/mol. The number of carbonyl (C=O) groups is 1. The Hall–Kier alpha value is -3.27. The van der Waals surface area contributed by atoms with E-state index >= 15 is 0 Å². The van der Waals surface area contributed by atoms with E-state index in [4.69, 9.17) is 19.5 Å². The van der Waals surface area contributed by atoms with Crippen molar-refractivity contribution in [1.29, 1.82) is 5.26 Å². The van der Waals surface area contributed by atoms with Crippen molar-refractivity contribution >= 4 is 5.91 Å². The van der Waals surface area contributed by atoms with Crippen LogP contribution in [0.4, 0.5) is 0 Å². The number of carbonyl (C=O) groups excluding carboxylic acids is 1. The van der Waals surface area contributed by atoms with Crippen LogP contribution >= 0.6 is 0 Å². The third-order valence-corrected chi connectivity index (χ3v) is 3.89. The van der Waals surface area contributed by atoms with Crippen molar-refractivity contribution < 1.29 is 19.0 Å². The van der Waals surface area contributed by atoms with Crippen molar-refractivity contribution in [3.05, 3.63) is 47.7 Å². The number of rotatable bonds is 5. The van der Waals surface area contributed by atoms with Crippen LogP contribution in [0.15, 0.2) is 36.5 Å². The van der Waals surface area contributed by atoms with Gasteiger partial charge in [0, 0.05) is 23.9 Å². The standard InChI is InChI=1S/C18H17N3O4/c1-23-14-5-13(6-15(7-14)24-2)18(22)21-10-16(11-21)25-17-4-3-12(8-19)9-20-17/h3-7,9,16H,10-11H2,1-2H3. The lowest BCUT2D eigenvalue weighted by Crippen LogP contribution is -2.56. The van der Waals surface area contributed by atoms with Gasteiger partial charge < -0.3 is 19.1 Å². The molecule has 2 heterocycles. The minimum absolute atomic E-state index is 0.107. The first-order chi connectivity index (χ1) is 12.1. The second kappa shape index (κ2) is 7.09. The quantitative estimate of drug-likeness (QED) is 0.827. The van der Waals surface area contributed by atoms with Gasteiger partial charge in [0.15, 0.2) is 0 Å². The summed E-state index contributed by atoms with van der Waals surface area (Å²) in [6, 6.07) is 10.4. The highest BCUT2D eigenvalue weighted by Gasteiger charge is 2.33. The van der Waals surface area contributed by atoms with Crippen LogP contribution in [0.5, 0.6) is 17.4 Å². The number of ether oxygens (including phenoxy) is 3. The van der Waals surface area contributed by atoms with Crippen LogP contribution in [0.1, 0.15) is 15.9 Å². The second-order valence-electron chi connectivity index (χ2n) is 5.55. The zero-order valence-corrected chi connectivity index (χ0v) is 13.9. The van der Waals surface area contributed by atoms with Crippen LogP contribution in [-0.2, 0) is 0 Å². The van der Waals surface area contributed by atoms with E-state index in [1.165, 1.54) is 6.20 Å². The molecule has 0 unspecified atom stereocenters. The van der Waals surface area contributed by atoms with Gasteiger partial charge in [-0.2, -0.15) is 5.26 Å². The fraction of sp³-hybridized carbons (Fsp3) is 0.278. The van der Waals surface area contributed by atoms with Crippen LogP contribution in [0.25, 0.3) is 0 Å². The Kier molecular flexibility index (Phi) is 4.70. The maximum Gasteiger partial charge on any atom is 0.254 e. The minimum Gasteiger partial charge on any atom is -0.497 e. The van der Waals surface area contributed by atoms with E-state index < -0.39 is 0 Å². The van der Waals surface area contributed by atoms with Gasteiger partial charge in [0.05, 0.1) is 32.9 Å². The zero-order chi connectivity index (χ0) is 17.8. The highest BCUT2D eigenvalue weighted by Crippen LogP contribution is 2.25. The number of hydrogen-bond donors (Lipinski definition) is 0. The molecule has 1 amide bonds. The van der Waals surface area contributed by atoms with Crippen LogP contribution in [0.2, 0.25) is 0 Å². The zero-order valence-electron chi connectivity index (χ0n) is 13.9. The average Bonchev–Trinajstić information content (AvgIpc) is 2.63. The molecule has 2 aromatic rings. The van der Waals surface area contributed by atoms with Crippen LogP contribution in [-0.4, -0.2) is 49.2 Å². The van der Waals surface area contributed by atoms with Crippen molar-refractivity contribution in [3.63, 3.8) is 0 Å². The van der Waals surface area contributed by atoms with Crippen LogP contribution in [0.3, 0.4) is 0 Å². The summed E-state index contributed by atoms with van der Waals surface area (Å²) in [6.07, 6.45) is 1.34. The van der Waals surface area contributed by atoms with E-state index in [9.17, 15) is 4.79 Å². The SMILES string of the molecule is COc1cc(OC)cc(C(=O)N2CC(Oc3ccc(C#N)cn3)C2)c1. The number of nitriles is 1. The summed E-state index contributed by atoms with van der Waals surface area (Å²) in [6.45, 7) is 0.945. The maximum absolute atomic E-state index is 12.6. The smallest absolute Gasteiger partial charge is 0.254 e. The number of nitrogens with zero attached hydrogens (tertiary/aromatic N) is 3. The van der Waals surface area contributed by atoms with Gasteiger partial charge in [-0.1, -0.05) is 0 Å². The fourth-order valence-corrected chi connectivity index (χ4v) is 2.48. The lowest BCUT2D eigenvalue weighted by Gasteiger charge is -2.38. The van der Waals surface area contributed by atoms with Gasteiger partial charge in [-0.25, -0.2) is 4.98 Å². The summed E-state index contributed by atoms with van der Waals surface area (Å²) in [5.74, 6) is 1.47. The van der Waals surface area contributed by atoms with Crippen molar-refractivity contribution in [2.24, 2.45) is 0 Å². The van der Waals surface area contributed by atoms with Gasteiger partial charge in [0.1, 0.15) is 23.7 Å². The molecule has 1 aliphatic rings. The Morgan fingerprint density at radius 2 is 1.88 bits per heavy atom. The molecule has 1 aliphatic heterocycles. The van der Waals surface area contributed by atoms with Gasteiger partial charge in [0.2, 0.25) is 5.88 Å². The number of methoxy groups -OCH3 is 2. The molecule has 0 N–H and O–H groups in total. The fourth-order valence-electron chi connectivity index (χ4n) is 2.48. The summed E-state index contributed by atoms with van der Waals surface area (Å²) in [5, 5.41) is 8.75. The lowest BCUT2D eigenvalue weighted by atomic mass is 10.1. The molecule has 0 saturated carbocycles. The molecule has 7 heteroatoms. The van der Waals surface area contributed by atoms with Crippen LogP contribution in [0, 0.1) is 11.3 Å². The van der Waals surface area contributed by atoms with Crippen molar-refractivity contribution in [2.75, 3.05) is 27.3 Å². The Labute approximate surface area is 145 Å².